The zero-order chi connectivity index (χ0) is 12.6. The van der Waals surface area contributed by atoms with Crippen LogP contribution in [0, 0.1) is 0 Å². The molecule has 1 rings (SSSR count). The topological polar surface area (TPSA) is 61.3 Å². The van der Waals surface area contributed by atoms with Crippen LogP contribution in [0.25, 0.3) is 0 Å². The Hall–Kier alpha value is 0.0969. The van der Waals surface area contributed by atoms with Gasteiger partial charge in [0.2, 0.25) is 0 Å². The lowest BCUT2D eigenvalue weighted by molar-refractivity contribution is 0.118. The zero-order valence-corrected chi connectivity index (χ0v) is 12.4. The second-order valence-electron chi connectivity index (χ2n) is 6.73. The van der Waals surface area contributed by atoms with Crippen LogP contribution < -0.4 is 11.5 Å². The molecule has 3 atom stereocenters. The number of hydrogen-bond donors (Lipinski definition) is 2. The second kappa shape index (κ2) is 4.76. The molecule has 4 N–H and O–H groups in total. The lowest BCUT2D eigenvalue weighted by Gasteiger charge is -2.42. The molecule has 1 aliphatic rings. The molecular formula is C12H28N2OSi. The van der Waals surface area contributed by atoms with Crippen LogP contribution in [0.2, 0.25) is 18.1 Å². The first-order chi connectivity index (χ1) is 7.12. The summed E-state index contributed by atoms with van der Waals surface area (Å²) in [5.74, 6) is 0. The normalized spacial score (nSPS) is 32.8. The van der Waals surface area contributed by atoms with Crippen molar-refractivity contribution >= 4 is 8.32 Å². The van der Waals surface area contributed by atoms with Crippen molar-refractivity contribution in [1.29, 1.82) is 0 Å². The van der Waals surface area contributed by atoms with E-state index in [9.17, 15) is 0 Å². The third-order valence-corrected chi connectivity index (χ3v) is 8.54. The number of hydrogen-bond acceptors (Lipinski definition) is 3. The third kappa shape index (κ3) is 3.55. The number of nitrogens with two attached hydrogens (primary N) is 2. The van der Waals surface area contributed by atoms with Gasteiger partial charge in [-0.3, -0.25) is 0 Å². The molecule has 96 valence electrons. The van der Waals surface area contributed by atoms with Crippen molar-refractivity contribution in [3.63, 3.8) is 0 Å². The smallest absolute Gasteiger partial charge is 0.192 e. The standard InChI is InChI=1S/C12H28N2OSi/c1-12(2,3)16(4,5)15-11-7-9(13)6-10(14)8-11/h9-11H,6-8,13-14H2,1-5H3/t9-,10+,11+. The molecule has 0 unspecified atom stereocenters. The van der Waals surface area contributed by atoms with Gasteiger partial charge in [0.15, 0.2) is 8.32 Å². The summed E-state index contributed by atoms with van der Waals surface area (Å²) in [5, 5.41) is 0.263. The SMILES string of the molecule is CC(C)(C)[Si](C)(C)O[C@H]1C[C@H](N)C[C@H](N)C1. The molecule has 3 nitrogen and oxygen atoms in total. The van der Waals surface area contributed by atoms with E-state index in [1.807, 2.05) is 0 Å². The molecule has 0 amide bonds. The third-order valence-electron chi connectivity index (χ3n) is 4.00. The van der Waals surface area contributed by atoms with E-state index in [-0.39, 0.29) is 23.2 Å². The minimum atomic E-state index is -1.66. The molecule has 0 aliphatic heterocycles. The molecule has 4 heteroatoms. The molecule has 0 bridgehead atoms. The first-order valence-electron chi connectivity index (χ1n) is 6.31. The van der Waals surface area contributed by atoms with E-state index in [2.05, 4.69) is 33.9 Å². The van der Waals surface area contributed by atoms with E-state index in [1.54, 1.807) is 0 Å². The van der Waals surface area contributed by atoms with Crippen molar-refractivity contribution in [2.45, 2.75) is 76.4 Å². The van der Waals surface area contributed by atoms with Crippen LogP contribution >= 0.6 is 0 Å². The van der Waals surface area contributed by atoms with Gasteiger partial charge in [-0.1, -0.05) is 20.8 Å². The van der Waals surface area contributed by atoms with Crippen LogP contribution in [0.1, 0.15) is 40.0 Å². The average molecular weight is 244 g/mol. The van der Waals surface area contributed by atoms with Gasteiger partial charge < -0.3 is 15.9 Å². The molecule has 0 spiro atoms. The Morgan fingerprint density at radius 3 is 1.81 bits per heavy atom. The van der Waals surface area contributed by atoms with E-state index < -0.39 is 8.32 Å². The summed E-state index contributed by atoms with van der Waals surface area (Å²) in [6.07, 6.45) is 3.16. The van der Waals surface area contributed by atoms with E-state index in [1.165, 1.54) is 0 Å². The highest BCUT2D eigenvalue weighted by Crippen LogP contribution is 2.38. The van der Waals surface area contributed by atoms with E-state index in [0.29, 0.717) is 0 Å². The molecular weight excluding hydrogens is 216 g/mol. The number of rotatable bonds is 2. The molecule has 0 aromatic rings. The maximum absolute atomic E-state index is 6.36. The lowest BCUT2D eigenvalue weighted by atomic mass is 9.90. The van der Waals surface area contributed by atoms with Gasteiger partial charge in [0.25, 0.3) is 0 Å². The summed E-state index contributed by atoms with van der Waals surface area (Å²) >= 11 is 0. The van der Waals surface area contributed by atoms with Gasteiger partial charge in [-0.05, 0) is 37.4 Å². The maximum Gasteiger partial charge on any atom is 0.192 e. The monoisotopic (exact) mass is 244 g/mol. The molecule has 0 aromatic heterocycles. The minimum Gasteiger partial charge on any atom is -0.414 e. The molecule has 1 fully saturated rings. The van der Waals surface area contributed by atoms with Crippen LogP contribution in [0.5, 0.6) is 0 Å². The van der Waals surface area contributed by atoms with Gasteiger partial charge in [-0.2, -0.15) is 0 Å². The van der Waals surface area contributed by atoms with Gasteiger partial charge in [0.05, 0.1) is 0 Å². The molecule has 0 saturated heterocycles. The first-order valence-corrected chi connectivity index (χ1v) is 9.21. The van der Waals surface area contributed by atoms with Crippen LogP contribution in [0.3, 0.4) is 0 Å². The van der Waals surface area contributed by atoms with E-state index in [4.69, 9.17) is 15.9 Å². The fraction of sp³-hybridized carbons (Fsp3) is 1.00. The fourth-order valence-corrected chi connectivity index (χ4v) is 3.42. The Morgan fingerprint density at radius 2 is 1.44 bits per heavy atom. The van der Waals surface area contributed by atoms with Gasteiger partial charge in [-0.25, -0.2) is 0 Å². The zero-order valence-electron chi connectivity index (χ0n) is 11.4. The van der Waals surface area contributed by atoms with Crippen molar-refractivity contribution in [1.82, 2.24) is 0 Å². The maximum atomic E-state index is 6.36. The molecule has 16 heavy (non-hydrogen) atoms. The molecule has 1 aliphatic carbocycles. The van der Waals surface area contributed by atoms with Crippen molar-refractivity contribution in [2.24, 2.45) is 11.5 Å². The lowest BCUT2D eigenvalue weighted by Crippen LogP contribution is -2.49. The fourth-order valence-electron chi connectivity index (χ4n) is 2.04. The minimum absolute atomic E-state index is 0.221. The quantitative estimate of drug-likeness (QED) is 0.732. The summed E-state index contributed by atoms with van der Waals surface area (Å²) < 4.78 is 6.36. The Kier molecular flexibility index (Phi) is 4.22. The second-order valence-corrected chi connectivity index (χ2v) is 11.5. The highest BCUT2D eigenvalue weighted by molar-refractivity contribution is 6.74. The van der Waals surface area contributed by atoms with Crippen LogP contribution in [0.4, 0.5) is 0 Å². The van der Waals surface area contributed by atoms with Crippen LogP contribution in [-0.2, 0) is 4.43 Å². The summed E-state index contributed by atoms with van der Waals surface area (Å²) in [7, 11) is -1.66. The van der Waals surface area contributed by atoms with Crippen molar-refractivity contribution < 1.29 is 4.43 Å². The van der Waals surface area contributed by atoms with Gasteiger partial charge in [0.1, 0.15) is 0 Å². The molecule has 0 radical (unpaired) electrons. The predicted molar refractivity (Wildman–Crippen MR) is 71.9 cm³/mol. The van der Waals surface area contributed by atoms with Gasteiger partial charge in [-0.15, -0.1) is 0 Å². The Morgan fingerprint density at radius 1 is 1.00 bits per heavy atom. The molecule has 0 aromatic carbocycles. The summed E-state index contributed by atoms with van der Waals surface area (Å²) in [4.78, 5) is 0. The molecule has 1 saturated carbocycles. The van der Waals surface area contributed by atoms with Gasteiger partial charge in [0, 0.05) is 18.2 Å². The average Bonchev–Trinajstić information content (AvgIpc) is 1.97. The van der Waals surface area contributed by atoms with Gasteiger partial charge >= 0.3 is 0 Å². The van der Waals surface area contributed by atoms with E-state index in [0.717, 1.165) is 19.3 Å². The molecule has 0 heterocycles. The Balaban J connectivity index is 2.60. The van der Waals surface area contributed by atoms with Crippen molar-refractivity contribution in [3.05, 3.63) is 0 Å². The Bertz CT molecular complexity index is 228. The predicted octanol–water partition coefficient (Wildman–Crippen LogP) is 2.22. The highest BCUT2D eigenvalue weighted by atomic mass is 28.4. The van der Waals surface area contributed by atoms with Crippen molar-refractivity contribution in [2.75, 3.05) is 0 Å². The Labute approximate surface area is 101 Å². The highest BCUT2D eigenvalue weighted by Gasteiger charge is 2.40. The largest absolute Gasteiger partial charge is 0.414 e. The van der Waals surface area contributed by atoms with Crippen LogP contribution in [-0.4, -0.2) is 26.5 Å². The van der Waals surface area contributed by atoms with Crippen LogP contribution in [0.15, 0.2) is 0 Å². The van der Waals surface area contributed by atoms with E-state index >= 15 is 0 Å². The summed E-state index contributed by atoms with van der Waals surface area (Å²) in [5.41, 5.74) is 12.0. The first kappa shape index (κ1) is 14.2. The summed E-state index contributed by atoms with van der Waals surface area (Å²) in [6.45, 7) is 11.4. The van der Waals surface area contributed by atoms with Crippen molar-refractivity contribution in [3.8, 4) is 0 Å². The summed E-state index contributed by atoms with van der Waals surface area (Å²) in [6, 6.07) is 0.442.